The molecular formula is C25H28FN3O2. The number of amides is 2. The van der Waals surface area contributed by atoms with Gasteiger partial charge in [-0.05, 0) is 68.0 Å². The van der Waals surface area contributed by atoms with Crippen LogP contribution in [0.2, 0.25) is 0 Å². The second kappa shape index (κ2) is 8.08. The van der Waals surface area contributed by atoms with E-state index in [0.717, 1.165) is 42.5 Å². The molecule has 4 atom stereocenters. The van der Waals surface area contributed by atoms with Gasteiger partial charge in [0.2, 0.25) is 5.91 Å². The molecule has 2 fully saturated rings. The molecule has 2 aromatic carbocycles. The Balaban J connectivity index is 1.38. The van der Waals surface area contributed by atoms with Crippen LogP contribution in [0.5, 0.6) is 0 Å². The molecule has 0 aromatic heterocycles. The van der Waals surface area contributed by atoms with Crippen molar-refractivity contribution in [3.8, 4) is 0 Å². The fourth-order valence-corrected chi connectivity index (χ4v) is 5.47. The van der Waals surface area contributed by atoms with Gasteiger partial charge in [-0.25, -0.2) is 0 Å². The molecule has 3 aliphatic rings. The molecule has 5 nitrogen and oxygen atoms in total. The number of nitrogens with zero attached hydrogens (tertiary/aromatic N) is 2. The van der Waals surface area contributed by atoms with Gasteiger partial charge in [-0.3, -0.25) is 9.59 Å². The van der Waals surface area contributed by atoms with E-state index in [2.05, 4.69) is 5.32 Å². The van der Waals surface area contributed by atoms with E-state index in [9.17, 15) is 14.1 Å². The maximum Gasteiger partial charge on any atom is 0.282 e. The summed E-state index contributed by atoms with van der Waals surface area (Å²) in [5.41, 5.74) is 3.26. The quantitative estimate of drug-likeness (QED) is 0.763. The molecule has 3 heterocycles. The molecule has 2 saturated heterocycles. The summed E-state index contributed by atoms with van der Waals surface area (Å²) in [6.07, 6.45) is 3.61. The molecule has 0 radical (unpaired) electrons. The maximum absolute atomic E-state index is 14.9. The molecule has 0 bridgehead atoms. The largest absolute Gasteiger partial charge is 0.335 e. The molecule has 0 saturated carbocycles. The van der Waals surface area contributed by atoms with Gasteiger partial charge in [0.05, 0.1) is 18.0 Å². The second-order valence-corrected chi connectivity index (χ2v) is 8.96. The van der Waals surface area contributed by atoms with E-state index in [0.29, 0.717) is 23.7 Å². The van der Waals surface area contributed by atoms with Crippen molar-refractivity contribution in [1.29, 1.82) is 0 Å². The zero-order valence-corrected chi connectivity index (χ0v) is 17.8. The van der Waals surface area contributed by atoms with Crippen molar-refractivity contribution >= 4 is 11.8 Å². The highest BCUT2D eigenvalue weighted by Gasteiger charge is 2.45. The van der Waals surface area contributed by atoms with Crippen LogP contribution in [0.25, 0.3) is 0 Å². The monoisotopic (exact) mass is 421 g/mol. The van der Waals surface area contributed by atoms with Crippen molar-refractivity contribution in [2.24, 2.45) is 5.92 Å². The van der Waals surface area contributed by atoms with Crippen LogP contribution < -0.4 is 5.32 Å². The van der Waals surface area contributed by atoms with Gasteiger partial charge in [0, 0.05) is 18.2 Å². The highest BCUT2D eigenvalue weighted by molar-refractivity contribution is 5.94. The van der Waals surface area contributed by atoms with Crippen LogP contribution in [0.1, 0.15) is 65.3 Å². The van der Waals surface area contributed by atoms with E-state index in [1.54, 1.807) is 13.0 Å². The summed E-state index contributed by atoms with van der Waals surface area (Å²) < 4.78 is 14.9. The summed E-state index contributed by atoms with van der Waals surface area (Å²) in [4.78, 5) is 27.9. The van der Waals surface area contributed by atoms with E-state index in [1.807, 2.05) is 47.4 Å². The van der Waals surface area contributed by atoms with E-state index < -0.39 is 11.9 Å². The summed E-state index contributed by atoms with van der Waals surface area (Å²) in [6, 6.07) is 14.2. The Morgan fingerprint density at radius 3 is 2.84 bits per heavy atom. The van der Waals surface area contributed by atoms with Crippen LogP contribution in [0.3, 0.4) is 0 Å². The first-order valence-electron chi connectivity index (χ1n) is 11.3. The Morgan fingerprint density at radius 1 is 1.23 bits per heavy atom. The minimum Gasteiger partial charge on any atom is -0.335 e. The van der Waals surface area contributed by atoms with E-state index in [4.69, 9.17) is 0 Å². The second-order valence-electron chi connectivity index (χ2n) is 8.96. The minimum absolute atomic E-state index is 0.0389. The minimum atomic E-state index is -0.662. The fraction of sp³-hybridized carbons (Fsp3) is 0.440. The van der Waals surface area contributed by atoms with Crippen LogP contribution in [0, 0.1) is 5.92 Å². The lowest BCUT2D eigenvalue weighted by atomic mass is 9.77. The molecule has 6 heteroatoms. The zero-order valence-electron chi connectivity index (χ0n) is 17.8. The average Bonchev–Trinajstić information content (AvgIpc) is 2.83. The lowest BCUT2D eigenvalue weighted by Crippen LogP contribution is -2.57. The average molecular weight is 422 g/mol. The van der Waals surface area contributed by atoms with Crippen molar-refractivity contribution in [3.05, 3.63) is 70.8 Å². The first-order valence-corrected chi connectivity index (χ1v) is 11.3. The lowest BCUT2D eigenvalue weighted by Gasteiger charge is -2.48. The lowest BCUT2D eigenvalue weighted by molar-refractivity contribution is -0.145. The predicted octanol–water partition coefficient (Wildman–Crippen LogP) is 3.97. The van der Waals surface area contributed by atoms with Gasteiger partial charge in [0.15, 0.2) is 0 Å². The third-order valence-corrected chi connectivity index (χ3v) is 7.22. The SMILES string of the molecule is C[C@H](c1ccccc1)N(F)C(=O)c1ccc2c(c1)CCN1C(=O)[C@@H]3CCCN[C@@H]3C[C@H]21. The Labute approximate surface area is 182 Å². The molecule has 3 aliphatic heterocycles. The number of hydrogen-bond donors (Lipinski definition) is 1. The van der Waals surface area contributed by atoms with Gasteiger partial charge >= 0.3 is 0 Å². The van der Waals surface area contributed by atoms with E-state index in [1.165, 1.54) is 0 Å². The highest BCUT2D eigenvalue weighted by atomic mass is 19.2. The predicted molar refractivity (Wildman–Crippen MR) is 116 cm³/mol. The summed E-state index contributed by atoms with van der Waals surface area (Å²) >= 11 is 0. The Morgan fingerprint density at radius 2 is 2.03 bits per heavy atom. The van der Waals surface area contributed by atoms with Gasteiger partial charge in [-0.2, -0.15) is 5.12 Å². The molecule has 2 amide bonds. The smallest absolute Gasteiger partial charge is 0.282 e. The van der Waals surface area contributed by atoms with Gasteiger partial charge in [0.25, 0.3) is 5.91 Å². The number of rotatable bonds is 3. The zero-order chi connectivity index (χ0) is 21.5. The fourth-order valence-electron chi connectivity index (χ4n) is 5.47. The first kappa shape index (κ1) is 20.2. The van der Waals surface area contributed by atoms with Crippen molar-refractivity contribution in [1.82, 2.24) is 15.3 Å². The third-order valence-electron chi connectivity index (χ3n) is 7.22. The molecule has 0 aliphatic carbocycles. The molecule has 31 heavy (non-hydrogen) atoms. The molecular weight excluding hydrogens is 393 g/mol. The van der Waals surface area contributed by atoms with Crippen molar-refractivity contribution < 1.29 is 14.1 Å². The molecule has 0 spiro atoms. The Hall–Kier alpha value is -2.73. The van der Waals surface area contributed by atoms with Crippen molar-refractivity contribution in [2.45, 2.75) is 50.7 Å². The summed E-state index contributed by atoms with van der Waals surface area (Å²) in [5.74, 6) is -0.284. The number of fused-ring (bicyclic) bond motifs is 4. The maximum atomic E-state index is 14.9. The Kier molecular flexibility index (Phi) is 5.26. The molecule has 1 N–H and O–H groups in total. The number of benzene rings is 2. The summed E-state index contributed by atoms with van der Waals surface area (Å²) in [6.45, 7) is 3.31. The third kappa shape index (κ3) is 3.53. The van der Waals surface area contributed by atoms with Crippen molar-refractivity contribution in [2.75, 3.05) is 13.1 Å². The van der Waals surface area contributed by atoms with Gasteiger partial charge in [-0.1, -0.05) is 40.9 Å². The number of carbonyl (C=O) groups is 2. The summed E-state index contributed by atoms with van der Waals surface area (Å²) in [7, 11) is 0. The van der Waals surface area contributed by atoms with Crippen LogP contribution in [0.15, 0.2) is 48.5 Å². The van der Waals surface area contributed by atoms with Crippen LogP contribution in [0.4, 0.5) is 4.48 Å². The number of carbonyl (C=O) groups excluding carboxylic acids is 2. The number of nitrogens with one attached hydrogen (secondary N) is 1. The Bertz CT molecular complexity index is 996. The topological polar surface area (TPSA) is 52.7 Å². The molecule has 162 valence electrons. The highest BCUT2D eigenvalue weighted by Crippen LogP contribution is 2.41. The van der Waals surface area contributed by atoms with E-state index >= 15 is 0 Å². The van der Waals surface area contributed by atoms with Gasteiger partial charge in [-0.15, -0.1) is 0 Å². The number of hydrogen-bond acceptors (Lipinski definition) is 3. The first-order chi connectivity index (χ1) is 15.0. The van der Waals surface area contributed by atoms with Crippen LogP contribution in [-0.4, -0.2) is 41.0 Å². The molecule has 5 rings (SSSR count). The van der Waals surface area contributed by atoms with Crippen molar-refractivity contribution in [3.63, 3.8) is 0 Å². The van der Waals surface area contributed by atoms with E-state index in [-0.39, 0.29) is 23.9 Å². The molecule has 2 aromatic rings. The summed E-state index contributed by atoms with van der Waals surface area (Å²) in [5, 5.41) is 3.84. The standard InChI is InChI=1S/C25H28FN3O2/c1-16(17-6-3-2-4-7-17)29(26)24(30)19-9-10-20-18(14-19)11-13-28-23(20)15-22-21(25(28)31)8-5-12-27-22/h2-4,6-7,9-10,14,16,21-23,27H,5,8,11-13,15H2,1H3/t16-,21-,22-,23-/m1/s1. The van der Waals surface area contributed by atoms with Gasteiger partial charge < -0.3 is 10.2 Å². The van der Waals surface area contributed by atoms with Crippen LogP contribution >= 0.6 is 0 Å². The molecule has 0 unspecified atom stereocenters. The normalized spacial score (nSPS) is 25.8. The van der Waals surface area contributed by atoms with Gasteiger partial charge in [0.1, 0.15) is 0 Å². The van der Waals surface area contributed by atoms with Crippen LogP contribution in [-0.2, 0) is 11.2 Å². The number of piperidine rings is 2. The number of halogens is 1.